The summed E-state index contributed by atoms with van der Waals surface area (Å²) in [5.74, 6) is -1.84. The number of nitrogens with zero attached hydrogens (tertiary/aromatic N) is 2. The highest BCUT2D eigenvalue weighted by Crippen LogP contribution is 2.37. The monoisotopic (exact) mass is 277 g/mol. The minimum Gasteiger partial charge on any atom is -0.366 e. The Kier molecular flexibility index (Phi) is 3.63. The second-order valence-electron chi connectivity index (χ2n) is 4.61. The predicted molar refractivity (Wildman–Crippen MR) is 60.1 cm³/mol. The fourth-order valence-electron chi connectivity index (χ4n) is 2.20. The number of carbonyl (C=O) groups is 1. The Morgan fingerprint density at radius 3 is 2.42 bits per heavy atom. The summed E-state index contributed by atoms with van der Waals surface area (Å²) in [4.78, 5) is 15.3. The molecule has 1 aliphatic carbocycles. The number of hydrogen-bond donors (Lipinski definition) is 3. The number of anilines is 1. The number of rotatable bonds is 2. The second-order valence-corrected chi connectivity index (χ2v) is 4.61. The van der Waals surface area contributed by atoms with Crippen molar-refractivity contribution in [1.82, 2.24) is 20.5 Å². The first-order valence-corrected chi connectivity index (χ1v) is 5.91. The van der Waals surface area contributed by atoms with Crippen LogP contribution in [-0.4, -0.2) is 33.3 Å². The number of nitrogen functional groups attached to an aromatic ring is 1. The van der Waals surface area contributed by atoms with Crippen LogP contribution >= 0.6 is 0 Å². The van der Waals surface area contributed by atoms with Crippen LogP contribution in [0.2, 0.25) is 0 Å². The third-order valence-electron chi connectivity index (χ3n) is 3.24. The Labute approximate surface area is 107 Å². The summed E-state index contributed by atoms with van der Waals surface area (Å²) in [6, 6.07) is -0.266. The number of carbonyl (C=O) groups excluding carboxylic acids is 1. The number of H-pyrrole nitrogens is 1. The fraction of sp³-hybridized carbons (Fsp3) is 0.700. The van der Waals surface area contributed by atoms with Crippen molar-refractivity contribution in [2.24, 2.45) is 5.92 Å². The molecule has 0 atom stereocenters. The molecule has 0 unspecified atom stereocenters. The summed E-state index contributed by atoms with van der Waals surface area (Å²) in [6.07, 6.45) is -3.46. The summed E-state index contributed by atoms with van der Waals surface area (Å²) in [5, 5.41) is 8.48. The molecule has 1 fully saturated rings. The van der Waals surface area contributed by atoms with E-state index in [4.69, 9.17) is 5.73 Å². The molecule has 106 valence electrons. The van der Waals surface area contributed by atoms with Crippen LogP contribution in [0.5, 0.6) is 0 Å². The second kappa shape index (κ2) is 5.06. The summed E-state index contributed by atoms with van der Waals surface area (Å²) in [7, 11) is 0. The standard InChI is InChI=1S/C10H14F3N5O/c11-10(12,13)5-1-3-6(4-2-5)15-8(19)7-16-9(14)18-17-7/h5-6H,1-4H2,(H,15,19)(H3,14,16,17,18). The molecule has 9 heteroatoms. The molecule has 1 saturated carbocycles. The third kappa shape index (κ3) is 3.36. The van der Waals surface area contributed by atoms with Crippen molar-refractivity contribution in [1.29, 1.82) is 0 Å². The van der Waals surface area contributed by atoms with Crippen molar-refractivity contribution in [3.8, 4) is 0 Å². The lowest BCUT2D eigenvalue weighted by atomic mass is 9.85. The van der Waals surface area contributed by atoms with Crippen LogP contribution in [-0.2, 0) is 0 Å². The first kappa shape index (κ1) is 13.6. The van der Waals surface area contributed by atoms with E-state index >= 15 is 0 Å². The molecular weight excluding hydrogens is 263 g/mol. The molecule has 2 rings (SSSR count). The first-order valence-electron chi connectivity index (χ1n) is 5.91. The van der Waals surface area contributed by atoms with Crippen LogP contribution in [0.4, 0.5) is 19.1 Å². The van der Waals surface area contributed by atoms with Gasteiger partial charge in [-0.1, -0.05) is 0 Å². The highest BCUT2D eigenvalue weighted by Gasteiger charge is 2.41. The minimum absolute atomic E-state index is 0.0320. The van der Waals surface area contributed by atoms with Crippen LogP contribution in [0.15, 0.2) is 0 Å². The van der Waals surface area contributed by atoms with Gasteiger partial charge in [-0.05, 0) is 25.7 Å². The summed E-state index contributed by atoms with van der Waals surface area (Å²) in [6.45, 7) is 0. The molecule has 1 aromatic rings. The molecule has 0 spiro atoms. The van der Waals surface area contributed by atoms with Crippen molar-refractivity contribution in [2.45, 2.75) is 37.9 Å². The number of aromatic nitrogens is 3. The average molecular weight is 277 g/mol. The van der Waals surface area contributed by atoms with E-state index in [1.54, 1.807) is 0 Å². The van der Waals surface area contributed by atoms with E-state index in [0.717, 1.165) is 0 Å². The zero-order valence-corrected chi connectivity index (χ0v) is 10.00. The molecule has 1 amide bonds. The fourth-order valence-corrected chi connectivity index (χ4v) is 2.20. The number of aromatic amines is 1. The molecule has 1 aliphatic rings. The maximum absolute atomic E-state index is 12.5. The van der Waals surface area contributed by atoms with Crippen molar-refractivity contribution >= 4 is 11.9 Å². The quantitative estimate of drug-likeness (QED) is 0.757. The lowest BCUT2D eigenvalue weighted by molar-refractivity contribution is -0.182. The maximum atomic E-state index is 12.5. The number of nitrogens with two attached hydrogens (primary N) is 1. The molecule has 0 aliphatic heterocycles. The highest BCUT2D eigenvalue weighted by molar-refractivity contribution is 5.90. The Morgan fingerprint density at radius 1 is 1.32 bits per heavy atom. The molecule has 0 radical (unpaired) electrons. The van der Waals surface area contributed by atoms with Gasteiger partial charge in [-0.25, -0.2) is 0 Å². The predicted octanol–water partition coefficient (Wildman–Crippen LogP) is 1.24. The Bertz CT molecular complexity index is 450. The van der Waals surface area contributed by atoms with Gasteiger partial charge in [-0.3, -0.25) is 9.89 Å². The van der Waals surface area contributed by atoms with E-state index in [1.807, 2.05) is 0 Å². The van der Waals surface area contributed by atoms with Gasteiger partial charge in [0.05, 0.1) is 5.92 Å². The van der Waals surface area contributed by atoms with E-state index in [1.165, 1.54) is 0 Å². The van der Waals surface area contributed by atoms with E-state index < -0.39 is 18.0 Å². The van der Waals surface area contributed by atoms with Crippen molar-refractivity contribution in [2.75, 3.05) is 5.73 Å². The molecule has 1 aromatic heterocycles. The molecule has 0 bridgehead atoms. The Morgan fingerprint density at radius 2 is 1.95 bits per heavy atom. The average Bonchev–Trinajstić information content (AvgIpc) is 2.75. The van der Waals surface area contributed by atoms with Gasteiger partial charge < -0.3 is 11.1 Å². The molecule has 19 heavy (non-hydrogen) atoms. The molecular formula is C10H14F3N5O. The van der Waals surface area contributed by atoms with Crippen LogP contribution < -0.4 is 11.1 Å². The minimum atomic E-state index is -4.14. The zero-order chi connectivity index (χ0) is 14.0. The Hall–Kier alpha value is -1.80. The number of hydrogen-bond acceptors (Lipinski definition) is 4. The SMILES string of the molecule is Nc1n[nH]c(C(=O)NC2CCC(C(F)(F)F)CC2)n1. The van der Waals surface area contributed by atoms with Crippen molar-refractivity contribution in [3.05, 3.63) is 5.82 Å². The van der Waals surface area contributed by atoms with Gasteiger partial charge in [0.15, 0.2) is 0 Å². The molecule has 4 N–H and O–H groups in total. The van der Waals surface area contributed by atoms with Crippen LogP contribution in [0.25, 0.3) is 0 Å². The van der Waals surface area contributed by atoms with E-state index in [-0.39, 0.29) is 30.7 Å². The largest absolute Gasteiger partial charge is 0.391 e. The van der Waals surface area contributed by atoms with E-state index in [0.29, 0.717) is 12.8 Å². The van der Waals surface area contributed by atoms with Crippen molar-refractivity contribution < 1.29 is 18.0 Å². The molecule has 6 nitrogen and oxygen atoms in total. The summed E-state index contributed by atoms with van der Waals surface area (Å²) in [5.41, 5.74) is 5.26. The van der Waals surface area contributed by atoms with Crippen LogP contribution in [0, 0.1) is 5.92 Å². The van der Waals surface area contributed by atoms with E-state index in [2.05, 4.69) is 20.5 Å². The van der Waals surface area contributed by atoms with Crippen LogP contribution in [0.3, 0.4) is 0 Å². The molecule has 0 aromatic carbocycles. The topological polar surface area (TPSA) is 96.7 Å². The lowest BCUT2D eigenvalue weighted by Crippen LogP contribution is -2.40. The zero-order valence-electron chi connectivity index (χ0n) is 10.00. The Balaban J connectivity index is 1.84. The number of alkyl halides is 3. The van der Waals surface area contributed by atoms with Gasteiger partial charge in [0.1, 0.15) is 0 Å². The highest BCUT2D eigenvalue weighted by atomic mass is 19.4. The third-order valence-corrected chi connectivity index (χ3v) is 3.24. The van der Waals surface area contributed by atoms with Gasteiger partial charge in [0, 0.05) is 6.04 Å². The smallest absolute Gasteiger partial charge is 0.366 e. The summed E-state index contributed by atoms with van der Waals surface area (Å²) >= 11 is 0. The van der Waals surface area contributed by atoms with Crippen LogP contribution in [0.1, 0.15) is 36.3 Å². The number of halogens is 3. The first-order chi connectivity index (χ1) is 8.86. The van der Waals surface area contributed by atoms with Gasteiger partial charge in [-0.2, -0.15) is 18.2 Å². The van der Waals surface area contributed by atoms with Gasteiger partial charge in [0.2, 0.25) is 11.8 Å². The number of amides is 1. The molecule has 1 heterocycles. The lowest BCUT2D eigenvalue weighted by Gasteiger charge is -2.30. The van der Waals surface area contributed by atoms with E-state index in [9.17, 15) is 18.0 Å². The van der Waals surface area contributed by atoms with Gasteiger partial charge in [0.25, 0.3) is 5.91 Å². The molecule has 0 saturated heterocycles. The summed E-state index contributed by atoms with van der Waals surface area (Å²) < 4.78 is 37.4. The number of nitrogens with one attached hydrogen (secondary N) is 2. The normalized spacial score (nSPS) is 24.2. The van der Waals surface area contributed by atoms with Gasteiger partial charge in [-0.15, -0.1) is 5.10 Å². The van der Waals surface area contributed by atoms with Crippen molar-refractivity contribution in [3.63, 3.8) is 0 Å². The maximum Gasteiger partial charge on any atom is 0.391 e. The van der Waals surface area contributed by atoms with Gasteiger partial charge >= 0.3 is 6.18 Å².